The van der Waals surface area contributed by atoms with Gasteiger partial charge in [0.2, 0.25) is 0 Å². The summed E-state index contributed by atoms with van der Waals surface area (Å²) in [5.74, 6) is 0. The van der Waals surface area contributed by atoms with Crippen LogP contribution in [0.2, 0.25) is 0 Å². The van der Waals surface area contributed by atoms with Crippen molar-refractivity contribution >= 4 is 0 Å². The van der Waals surface area contributed by atoms with Gasteiger partial charge in [-0.05, 0) is 37.4 Å². The van der Waals surface area contributed by atoms with Crippen molar-refractivity contribution < 1.29 is 4.74 Å². The van der Waals surface area contributed by atoms with E-state index < -0.39 is 0 Å². The second kappa shape index (κ2) is 5.46. The van der Waals surface area contributed by atoms with Crippen LogP contribution in [0.25, 0.3) is 0 Å². The maximum Gasteiger partial charge on any atom is 0.0842 e. The van der Waals surface area contributed by atoms with Gasteiger partial charge >= 0.3 is 0 Å². The summed E-state index contributed by atoms with van der Waals surface area (Å²) in [6.45, 7) is 6.25. The summed E-state index contributed by atoms with van der Waals surface area (Å²) in [7, 11) is 0. The van der Waals surface area contributed by atoms with Crippen molar-refractivity contribution in [2.75, 3.05) is 13.2 Å². The second-order valence-electron chi connectivity index (χ2n) is 4.49. The zero-order chi connectivity index (χ0) is 11.4. The molecule has 1 saturated heterocycles. The molecule has 16 heavy (non-hydrogen) atoms. The second-order valence-corrected chi connectivity index (χ2v) is 4.49. The molecular weight excluding hydrogens is 198 g/mol. The number of rotatable bonds is 3. The third-order valence-corrected chi connectivity index (χ3v) is 3.31. The van der Waals surface area contributed by atoms with Gasteiger partial charge in [0.05, 0.1) is 6.10 Å². The van der Waals surface area contributed by atoms with Crippen LogP contribution in [0, 0.1) is 6.92 Å². The predicted molar refractivity (Wildman–Crippen MR) is 66.6 cm³/mol. The molecular formula is C14H21NO. The minimum atomic E-state index is 0.277. The molecule has 1 aromatic rings. The molecule has 2 atom stereocenters. The van der Waals surface area contributed by atoms with Crippen LogP contribution in [-0.4, -0.2) is 19.2 Å². The third kappa shape index (κ3) is 2.63. The summed E-state index contributed by atoms with van der Waals surface area (Å²) >= 11 is 0. The minimum Gasteiger partial charge on any atom is -0.373 e. The Morgan fingerprint density at radius 1 is 1.38 bits per heavy atom. The normalized spacial score (nSPS) is 25.6. The highest BCUT2D eigenvalue weighted by Crippen LogP contribution is 2.29. The molecule has 2 unspecified atom stereocenters. The van der Waals surface area contributed by atoms with Crippen molar-refractivity contribution in [3.8, 4) is 0 Å². The molecule has 0 saturated carbocycles. The number of hydrogen-bond donors (Lipinski definition) is 1. The molecule has 1 aliphatic rings. The Morgan fingerprint density at radius 2 is 2.19 bits per heavy atom. The summed E-state index contributed by atoms with van der Waals surface area (Å²) in [4.78, 5) is 0. The van der Waals surface area contributed by atoms with Crippen LogP contribution >= 0.6 is 0 Å². The average Bonchev–Trinajstić information content (AvgIpc) is 2.30. The van der Waals surface area contributed by atoms with E-state index in [0.29, 0.717) is 6.04 Å². The molecule has 0 radical (unpaired) electrons. The van der Waals surface area contributed by atoms with Crippen molar-refractivity contribution in [3.05, 3.63) is 35.4 Å². The summed E-state index contributed by atoms with van der Waals surface area (Å²) in [5.41, 5.74) is 2.69. The summed E-state index contributed by atoms with van der Waals surface area (Å²) in [6, 6.07) is 9.15. The molecule has 0 aliphatic carbocycles. The fraction of sp³-hybridized carbons (Fsp3) is 0.571. The first-order valence-electron chi connectivity index (χ1n) is 6.21. The van der Waals surface area contributed by atoms with Gasteiger partial charge in [0.1, 0.15) is 0 Å². The van der Waals surface area contributed by atoms with Crippen LogP contribution in [0.3, 0.4) is 0 Å². The number of aryl methyl sites for hydroxylation is 1. The molecule has 2 heteroatoms. The van der Waals surface area contributed by atoms with E-state index in [-0.39, 0.29) is 6.10 Å². The first-order chi connectivity index (χ1) is 7.81. The van der Waals surface area contributed by atoms with Crippen LogP contribution in [0.1, 0.15) is 37.0 Å². The maximum absolute atomic E-state index is 5.88. The van der Waals surface area contributed by atoms with Crippen molar-refractivity contribution in [2.45, 2.75) is 38.8 Å². The average molecular weight is 219 g/mol. The fourth-order valence-electron chi connectivity index (χ4n) is 2.44. The highest BCUT2D eigenvalue weighted by Gasteiger charge is 2.23. The van der Waals surface area contributed by atoms with Crippen LogP contribution in [0.4, 0.5) is 0 Å². The molecule has 0 amide bonds. The first kappa shape index (κ1) is 11.6. The fourth-order valence-corrected chi connectivity index (χ4v) is 2.44. The summed E-state index contributed by atoms with van der Waals surface area (Å²) in [5, 5.41) is 3.52. The molecule has 1 aliphatic heterocycles. The monoisotopic (exact) mass is 219 g/mol. The third-order valence-electron chi connectivity index (χ3n) is 3.31. The van der Waals surface area contributed by atoms with Crippen molar-refractivity contribution in [1.82, 2.24) is 5.32 Å². The Kier molecular flexibility index (Phi) is 3.97. The Labute approximate surface area is 98.0 Å². The lowest BCUT2D eigenvalue weighted by atomic mass is 9.94. The van der Waals surface area contributed by atoms with E-state index in [1.807, 2.05) is 0 Å². The molecule has 1 aromatic carbocycles. The number of benzene rings is 1. The number of ether oxygens (including phenoxy) is 1. The highest BCUT2D eigenvalue weighted by molar-refractivity contribution is 5.28. The van der Waals surface area contributed by atoms with Gasteiger partial charge in [0, 0.05) is 12.6 Å². The van der Waals surface area contributed by atoms with Gasteiger partial charge in [0.25, 0.3) is 0 Å². The zero-order valence-corrected chi connectivity index (χ0v) is 10.2. The van der Waals surface area contributed by atoms with Gasteiger partial charge < -0.3 is 10.1 Å². The molecule has 88 valence electrons. The smallest absolute Gasteiger partial charge is 0.0842 e. The van der Waals surface area contributed by atoms with Crippen molar-refractivity contribution in [3.63, 3.8) is 0 Å². The van der Waals surface area contributed by atoms with Crippen molar-refractivity contribution in [2.24, 2.45) is 0 Å². The number of nitrogens with one attached hydrogen (secondary N) is 1. The van der Waals surface area contributed by atoms with E-state index in [2.05, 4.69) is 43.4 Å². The van der Waals surface area contributed by atoms with E-state index in [4.69, 9.17) is 4.74 Å². The lowest BCUT2D eigenvalue weighted by Gasteiger charge is -2.31. The van der Waals surface area contributed by atoms with Gasteiger partial charge in [-0.25, -0.2) is 0 Å². The molecule has 0 aromatic heterocycles. The molecule has 1 heterocycles. The Bertz CT molecular complexity index is 335. The SMILES string of the molecule is CCNC1CCOC(c2ccccc2C)C1. The van der Waals surface area contributed by atoms with E-state index >= 15 is 0 Å². The Hall–Kier alpha value is -0.860. The lowest BCUT2D eigenvalue weighted by Crippen LogP contribution is -2.36. The van der Waals surface area contributed by atoms with Crippen molar-refractivity contribution in [1.29, 1.82) is 0 Å². The van der Waals surface area contributed by atoms with E-state index in [0.717, 1.165) is 26.0 Å². The largest absolute Gasteiger partial charge is 0.373 e. The summed E-state index contributed by atoms with van der Waals surface area (Å²) < 4.78 is 5.88. The van der Waals surface area contributed by atoms with Gasteiger partial charge in [-0.15, -0.1) is 0 Å². The Balaban J connectivity index is 2.07. The molecule has 2 nitrogen and oxygen atoms in total. The van der Waals surface area contributed by atoms with E-state index in [1.54, 1.807) is 0 Å². The van der Waals surface area contributed by atoms with Crippen LogP contribution in [-0.2, 0) is 4.74 Å². The maximum atomic E-state index is 5.88. The first-order valence-corrected chi connectivity index (χ1v) is 6.21. The van der Waals surface area contributed by atoms with E-state index in [1.165, 1.54) is 11.1 Å². The number of hydrogen-bond acceptors (Lipinski definition) is 2. The standard InChI is InChI=1S/C14H21NO/c1-3-15-12-8-9-16-14(10-12)13-7-5-4-6-11(13)2/h4-7,12,14-15H,3,8-10H2,1-2H3. The van der Waals surface area contributed by atoms with Crippen LogP contribution in [0.5, 0.6) is 0 Å². The molecule has 2 rings (SSSR count). The van der Waals surface area contributed by atoms with Crippen LogP contribution in [0.15, 0.2) is 24.3 Å². The van der Waals surface area contributed by atoms with E-state index in [9.17, 15) is 0 Å². The minimum absolute atomic E-state index is 0.277. The highest BCUT2D eigenvalue weighted by atomic mass is 16.5. The molecule has 1 fully saturated rings. The van der Waals surface area contributed by atoms with Gasteiger partial charge in [-0.1, -0.05) is 31.2 Å². The molecule has 1 N–H and O–H groups in total. The van der Waals surface area contributed by atoms with Gasteiger partial charge in [-0.3, -0.25) is 0 Å². The molecule has 0 spiro atoms. The van der Waals surface area contributed by atoms with Crippen LogP contribution < -0.4 is 5.32 Å². The van der Waals surface area contributed by atoms with Gasteiger partial charge in [0.15, 0.2) is 0 Å². The quantitative estimate of drug-likeness (QED) is 0.844. The Morgan fingerprint density at radius 3 is 2.94 bits per heavy atom. The predicted octanol–water partition coefficient (Wildman–Crippen LogP) is 2.82. The summed E-state index contributed by atoms with van der Waals surface area (Å²) in [6.07, 6.45) is 2.51. The lowest BCUT2D eigenvalue weighted by molar-refractivity contribution is 0.000257. The topological polar surface area (TPSA) is 21.3 Å². The zero-order valence-electron chi connectivity index (χ0n) is 10.2. The van der Waals surface area contributed by atoms with Gasteiger partial charge in [-0.2, -0.15) is 0 Å². The molecule has 0 bridgehead atoms.